The van der Waals surface area contributed by atoms with Crippen LogP contribution >= 0.6 is 0 Å². The van der Waals surface area contributed by atoms with Crippen molar-refractivity contribution in [3.05, 3.63) is 387 Å². The van der Waals surface area contributed by atoms with Crippen LogP contribution in [-0.2, 0) is 19.3 Å². The summed E-state index contributed by atoms with van der Waals surface area (Å²) < 4.78 is 0. The molecule has 0 aromatic heterocycles. The number of nitrogens with zero attached hydrogens (tertiary/aromatic N) is 2. The molecule has 414 valence electrons. The van der Waals surface area contributed by atoms with Gasteiger partial charge in [-0.15, -0.1) is 0 Å². The van der Waals surface area contributed by atoms with E-state index >= 15 is 0 Å². The summed E-state index contributed by atoms with van der Waals surface area (Å²) in [5.41, 5.74) is 27.1. The zero-order valence-electron chi connectivity index (χ0n) is 48.5. The van der Waals surface area contributed by atoms with Crippen molar-refractivity contribution >= 4 is 75.9 Å². The van der Waals surface area contributed by atoms with Crippen LogP contribution in [0.25, 0.3) is 53.2 Å². The molecule has 2 nitrogen and oxygen atoms in total. The average molecular weight is 1110 g/mol. The molecule has 0 atom stereocenters. The lowest BCUT2D eigenvalue weighted by Gasteiger charge is -2.26. The largest absolute Gasteiger partial charge is 0.317 e. The monoisotopic (exact) mass is 1100 g/mol. The Morgan fingerprint density at radius 1 is 0.279 bits per heavy atom. The van der Waals surface area contributed by atoms with E-state index in [1.54, 1.807) is 0 Å². The van der Waals surface area contributed by atoms with Gasteiger partial charge in [-0.2, -0.15) is 0 Å². The summed E-state index contributed by atoms with van der Waals surface area (Å²) in [4.78, 5) is 4.75. The highest BCUT2D eigenvalue weighted by atomic mass is 15.1. The Morgan fingerprint density at radius 2 is 0.651 bits per heavy atom. The molecule has 2 heteroatoms. The quantitative estimate of drug-likeness (QED) is 0.0890. The van der Waals surface area contributed by atoms with Crippen molar-refractivity contribution in [2.75, 3.05) is 9.80 Å². The standard InChI is InChI=1S/C84H68N2/c1-5-23-72(24-6-1)83(73-25-7-2-8-26-73)59-65-43-54-79(55-44-65)85(61-67-38-49-70-22-15-16-32-76(70)58-67)78-50-39-63(40-51-78)36-47-68-20-13-14-21-69(68)48-37-64-41-52-80(53-42-64)86(62-77-34-19-33-71-31-17-18-35-82(71)77)81-56-45-66(46-57-81)60-84(74-27-9-3-10-28-74)75-29-11-4-12-30-75/h1-18,20-32,35-37,39-48,50-57,59-62H,19,33-34,38,49,58H2/b47-36+,48-37+,67-61-,77-62+. The molecule has 2 aliphatic rings. The highest BCUT2D eigenvalue weighted by Gasteiger charge is 2.19. The summed E-state index contributed by atoms with van der Waals surface area (Å²) in [5.74, 6) is 0. The molecule has 11 aromatic rings. The molecule has 0 N–H and O–H groups in total. The molecule has 0 bridgehead atoms. The van der Waals surface area contributed by atoms with Gasteiger partial charge in [-0.3, -0.25) is 0 Å². The van der Waals surface area contributed by atoms with E-state index in [2.05, 4.69) is 350 Å². The number of hydrogen-bond donors (Lipinski definition) is 0. The highest BCUT2D eigenvalue weighted by Crippen LogP contribution is 2.37. The molecule has 0 radical (unpaired) electrons. The van der Waals surface area contributed by atoms with Gasteiger partial charge in [-0.05, 0) is 199 Å². The van der Waals surface area contributed by atoms with Gasteiger partial charge < -0.3 is 9.80 Å². The zero-order valence-corrected chi connectivity index (χ0v) is 48.5. The maximum absolute atomic E-state index is 2.39. The Kier molecular flexibility index (Phi) is 16.8. The molecule has 86 heavy (non-hydrogen) atoms. The first kappa shape index (κ1) is 54.7. The number of benzene rings is 11. The molecule has 2 aliphatic carbocycles. The fourth-order valence-corrected chi connectivity index (χ4v) is 12.0. The van der Waals surface area contributed by atoms with Crippen LogP contribution in [-0.4, -0.2) is 0 Å². The molecule has 11 aromatic carbocycles. The molecule has 0 spiro atoms. The third kappa shape index (κ3) is 13.1. The number of anilines is 4. The predicted molar refractivity (Wildman–Crippen MR) is 368 cm³/mol. The van der Waals surface area contributed by atoms with Crippen LogP contribution < -0.4 is 9.80 Å². The minimum absolute atomic E-state index is 0.957. The highest BCUT2D eigenvalue weighted by molar-refractivity contribution is 5.93. The molecular formula is C84H68N2. The fraction of sp³-hybridized carbons (Fsp3) is 0.0714. The molecule has 0 fully saturated rings. The molecule has 0 unspecified atom stereocenters. The van der Waals surface area contributed by atoms with Crippen molar-refractivity contribution < 1.29 is 0 Å². The van der Waals surface area contributed by atoms with Crippen LogP contribution in [0, 0.1) is 0 Å². The van der Waals surface area contributed by atoms with Gasteiger partial charge in [-0.1, -0.05) is 267 Å². The zero-order chi connectivity index (χ0) is 57.7. The molecule has 0 aliphatic heterocycles. The van der Waals surface area contributed by atoms with Crippen molar-refractivity contribution in [2.24, 2.45) is 0 Å². The smallest absolute Gasteiger partial charge is 0.0456 e. The van der Waals surface area contributed by atoms with E-state index in [4.69, 9.17) is 0 Å². The van der Waals surface area contributed by atoms with Gasteiger partial charge in [0.25, 0.3) is 0 Å². The molecule has 0 heterocycles. The van der Waals surface area contributed by atoms with Gasteiger partial charge in [0.1, 0.15) is 0 Å². The molecular weight excluding hydrogens is 1040 g/mol. The number of rotatable bonds is 16. The van der Waals surface area contributed by atoms with E-state index in [1.807, 2.05) is 0 Å². The van der Waals surface area contributed by atoms with Crippen LogP contribution in [0.1, 0.15) is 97.2 Å². The first-order valence-corrected chi connectivity index (χ1v) is 30.2. The summed E-state index contributed by atoms with van der Waals surface area (Å²) in [6.07, 6.45) is 24.7. The minimum atomic E-state index is 0.957. The van der Waals surface area contributed by atoms with Gasteiger partial charge in [0.05, 0.1) is 0 Å². The lowest BCUT2D eigenvalue weighted by Crippen LogP contribution is -2.13. The van der Waals surface area contributed by atoms with E-state index in [0.717, 1.165) is 94.7 Å². The molecule has 0 saturated carbocycles. The van der Waals surface area contributed by atoms with Crippen molar-refractivity contribution in [3.63, 3.8) is 0 Å². The minimum Gasteiger partial charge on any atom is -0.317 e. The van der Waals surface area contributed by atoms with E-state index in [0.29, 0.717) is 0 Å². The molecule has 13 rings (SSSR count). The normalized spacial score (nSPS) is 13.7. The topological polar surface area (TPSA) is 6.48 Å². The van der Waals surface area contributed by atoms with Crippen LogP contribution in [0.4, 0.5) is 22.7 Å². The van der Waals surface area contributed by atoms with Gasteiger partial charge in [0.15, 0.2) is 0 Å². The number of hydrogen-bond acceptors (Lipinski definition) is 2. The third-order valence-electron chi connectivity index (χ3n) is 16.7. The first-order valence-electron chi connectivity index (χ1n) is 30.2. The molecule has 0 amide bonds. The maximum atomic E-state index is 2.39. The van der Waals surface area contributed by atoms with Crippen molar-refractivity contribution in [1.29, 1.82) is 0 Å². The second-order valence-electron chi connectivity index (χ2n) is 22.4. The van der Waals surface area contributed by atoms with Crippen LogP contribution in [0.5, 0.6) is 0 Å². The predicted octanol–water partition coefficient (Wildman–Crippen LogP) is 21.9. The Labute approximate surface area is 508 Å². The van der Waals surface area contributed by atoms with Gasteiger partial charge in [0, 0.05) is 35.1 Å². The Bertz CT molecular complexity index is 4180. The van der Waals surface area contributed by atoms with Crippen molar-refractivity contribution in [2.45, 2.75) is 38.5 Å². The van der Waals surface area contributed by atoms with Crippen LogP contribution in [0.15, 0.2) is 309 Å². The second-order valence-corrected chi connectivity index (χ2v) is 22.4. The van der Waals surface area contributed by atoms with Crippen LogP contribution in [0.3, 0.4) is 0 Å². The Balaban J connectivity index is 0.747. The molecule has 0 saturated heterocycles. The van der Waals surface area contributed by atoms with Crippen molar-refractivity contribution in [3.8, 4) is 0 Å². The summed E-state index contributed by atoms with van der Waals surface area (Å²) >= 11 is 0. The number of allylic oxidation sites excluding steroid dienone is 2. The lowest BCUT2D eigenvalue weighted by molar-refractivity contribution is 0.820. The average Bonchev–Trinajstić information content (AvgIpc) is 2.64. The van der Waals surface area contributed by atoms with E-state index in [9.17, 15) is 0 Å². The summed E-state index contributed by atoms with van der Waals surface area (Å²) in [6.45, 7) is 0. The van der Waals surface area contributed by atoms with Crippen LogP contribution in [0.2, 0.25) is 0 Å². The number of fused-ring (bicyclic) bond motifs is 2. The second kappa shape index (κ2) is 26.4. The van der Waals surface area contributed by atoms with E-state index in [-0.39, 0.29) is 0 Å². The Hall–Kier alpha value is -10.5. The van der Waals surface area contributed by atoms with Crippen molar-refractivity contribution in [1.82, 2.24) is 0 Å². The summed E-state index contributed by atoms with van der Waals surface area (Å²) in [7, 11) is 0. The van der Waals surface area contributed by atoms with Gasteiger partial charge in [0.2, 0.25) is 0 Å². The summed E-state index contributed by atoms with van der Waals surface area (Å²) in [5, 5.41) is 0. The van der Waals surface area contributed by atoms with E-state index < -0.39 is 0 Å². The Morgan fingerprint density at radius 3 is 1.10 bits per heavy atom. The van der Waals surface area contributed by atoms with Gasteiger partial charge >= 0.3 is 0 Å². The number of aryl methyl sites for hydroxylation is 2. The lowest BCUT2D eigenvalue weighted by atomic mass is 9.88. The first-order chi connectivity index (χ1) is 42.6. The maximum Gasteiger partial charge on any atom is 0.0456 e. The fourth-order valence-electron chi connectivity index (χ4n) is 12.0. The summed E-state index contributed by atoms with van der Waals surface area (Å²) in [6, 6.07) is 105. The van der Waals surface area contributed by atoms with E-state index in [1.165, 1.54) is 66.8 Å². The third-order valence-corrected chi connectivity index (χ3v) is 16.7. The van der Waals surface area contributed by atoms with Gasteiger partial charge in [-0.25, -0.2) is 0 Å². The SMILES string of the molecule is C(=C(c1ccccc1)c1ccccc1)c1ccc(N(/C=C2/CCc3ccccc3C2)c2ccc(/C=C/c3ccccc3/C=C/c3ccc(N(/C=C4\CCCc5ccccc54)c4ccc(C=C(c5ccccc5)c5ccccc5)cc4)cc3)cc2)cc1.